The SMILES string of the molecule is Fc1ccc(C(Cl)CCC2CCCCC2)cc1. The molecule has 0 amide bonds. The van der Waals surface area contributed by atoms with Gasteiger partial charge in [0.1, 0.15) is 5.82 Å². The number of alkyl halides is 1. The van der Waals surface area contributed by atoms with Crippen LogP contribution in [0.4, 0.5) is 4.39 Å². The normalized spacial score (nSPS) is 19.2. The summed E-state index contributed by atoms with van der Waals surface area (Å²) in [7, 11) is 0. The third-order valence-electron chi connectivity index (χ3n) is 3.78. The molecule has 1 aliphatic carbocycles. The maximum atomic E-state index is 12.8. The van der Waals surface area contributed by atoms with Crippen molar-refractivity contribution in [1.29, 1.82) is 0 Å². The Hall–Kier alpha value is -0.560. The summed E-state index contributed by atoms with van der Waals surface area (Å²) in [5.41, 5.74) is 1.05. The van der Waals surface area contributed by atoms with E-state index in [0.29, 0.717) is 0 Å². The van der Waals surface area contributed by atoms with Crippen LogP contribution in [0.5, 0.6) is 0 Å². The van der Waals surface area contributed by atoms with Crippen LogP contribution in [0.3, 0.4) is 0 Å². The van der Waals surface area contributed by atoms with E-state index in [1.165, 1.54) is 50.7 Å². The highest BCUT2D eigenvalue weighted by Gasteiger charge is 2.16. The Labute approximate surface area is 108 Å². The number of halogens is 2. The van der Waals surface area contributed by atoms with Crippen molar-refractivity contribution in [3.05, 3.63) is 35.6 Å². The average Bonchev–Trinajstić information content (AvgIpc) is 2.38. The zero-order chi connectivity index (χ0) is 12.1. The van der Waals surface area contributed by atoms with Crippen LogP contribution >= 0.6 is 11.6 Å². The summed E-state index contributed by atoms with van der Waals surface area (Å²) in [5, 5.41) is 0.0394. The van der Waals surface area contributed by atoms with E-state index in [1.54, 1.807) is 12.1 Å². The van der Waals surface area contributed by atoms with Gasteiger partial charge in [-0.3, -0.25) is 0 Å². The van der Waals surface area contributed by atoms with Crippen molar-refractivity contribution in [3.63, 3.8) is 0 Å². The largest absolute Gasteiger partial charge is 0.207 e. The van der Waals surface area contributed by atoms with Crippen LogP contribution < -0.4 is 0 Å². The van der Waals surface area contributed by atoms with Gasteiger partial charge in [0.05, 0.1) is 5.38 Å². The molecule has 0 aromatic heterocycles. The molecule has 1 fully saturated rings. The quantitative estimate of drug-likeness (QED) is 0.626. The fourth-order valence-electron chi connectivity index (χ4n) is 2.70. The molecule has 0 N–H and O–H groups in total. The van der Waals surface area contributed by atoms with Gasteiger partial charge in [-0.2, -0.15) is 0 Å². The molecule has 17 heavy (non-hydrogen) atoms. The number of benzene rings is 1. The van der Waals surface area contributed by atoms with Gasteiger partial charge in [-0.05, 0) is 36.5 Å². The fourth-order valence-corrected chi connectivity index (χ4v) is 2.97. The minimum absolute atomic E-state index is 0.0394. The molecule has 1 unspecified atom stereocenters. The summed E-state index contributed by atoms with van der Waals surface area (Å²) in [4.78, 5) is 0. The zero-order valence-electron chi connectivity index (χ0n) is 10.2. The van der Waals surface area contributed by atoms with Gasteiger partial charge in [-0.1, -0.05) is 44.2 Å². The van der Waals surface area contributed by atoms with Crippen LogP contribution in [0, 0.1) is 11.7 Å². The zero-order valence-corrected chi connectivity index (χ0v) is 10.9. The van der Waals surface area contributed by atoms with E-state index in [1.807, 2.05) is 0 Å². The van der Waals surface area contributed by atoms with Crippen molar-refractivity contribution in [2.45, 2.75) is 50.3 Å². The van der Waals surface area contributed by atoms with Crippen LogP contribution in [0.25, 0.3) is 0 Å². The molecule has 1 aliphatic rings. The van der Waals surface area contributed by atoms with Gasteiger partial charge < -0.3 is 0 Å². The molecular weight excluding hydrogens is 235 g/mol. The molecule has 0 saturated heterocycles. The Morgan fingerprint density at radius 1 is 1.12 bits per heavy atom. The maximum absolute atomic E-state index is 12.8. The summed E-state index contributed by atoms with van der Waals surface area (Å²) in [6, 6.07) is 6.58. The number of rotatable bonds is 4. The Balaban J connectivity index is 1.80. The van der Waals surface area contributed by atoms with E-state index in [9.17, 15) is 4.39 Å². The first kappa shape index (κ1) is 12.9. The van der Waals surface area contributed by atoms with Crippen molar-refractivity contribution < 1.29 is 4.39 Å². The predicted octanol–water partition coefficient (Wildman–Crippen LogP) is 5.47. The standard InChI is InChI=1S/C15H20ClF/c16-15(13-7-9-14(17)10-8-13)11-6-12-4-2-1-3-5-12/h7-10,12,15H,1-6,11H2. The van der Waals surface area contributed by atoms with Gasteiger partial charge in [0.15, 0.2) is 0 Å². The molecule has 1 atom stereocenters. The van der Waals surface area contributed by atoms with Gasteiger partial charge in [0.25, 0.3) is 0 Å². The smallest absolute Gasteiger partial charge is 0.123 e. The van der Waals surface area contributed by atoms with E-state index >= 15 is 0 Å². The summed E-state index contributed by atoms with van der Waals surface area (Å²) in [6.07, 6.45) is 9.13. The van der Waals surface area contributed by atoms with Crippen molar-refractivity contribution in [1.82, 2.24) is 0 Å². The van der Waals surface area contributed by atoms with Crippen LogP contribution in [-0.2, 0) is 0 Å². The van der Waals surface area contributed by atoms with E-state index in [4.69, 9.17) is 11.6 Å². The van der Waals surface area contributed by atoms with Gasteiger partial charge in [0, 0.05) is 0 Å². The lowest BCUT2D eigenvalue weighted by Gasteiger charge is -2.22. The van der Waals surface area contributed by atoms with E-state index in [2.05, 4.69) is 0 Å². The van der Waals surface area contributed by atoms with Crippen LogP contribution in [0.1, 0.15) is 55.9 Å². The fraction of sp³-hybridized carbons (Fsp3) is 0.600. The first-order valence-electron chi connectivity index (χ1n) is 6.65. The highest BCUT2D eigenvalue weighted by Crippen LogP contribution is 2.32. The van der Waals surface area contributed by atoms with Crippen molar-refractivity contribution >= 4 is 11.6 Å². The molecule has 0 radical (unpaired) electrons. The molecule has 1 saturated carbocycles. The lowest BCUT2D eigenvalue weighted by Crippen LogP contribution is -2.07. The first-order valence-corrected chi connectivity index (χ1v) is 7.09. The van der Waals surface area contributed by atoms with Gasteiger partial charge in [-0.15, -0.1) is 11.6 Å². The molecule has 0 spiro atoms. The van der Waals surface area contributed by atoms with Crippen molar-refractivity contribution in [2.75, 3.05) is 0 Å². The van der Waals surface area contributed by atoms with E-state index < -0.39 is 0 Å². The highest BCUT2D eigenvalue weighted by atomic mass is 35.5. The third-order valence-corrected chi connectivity index (χ3v) is 4.25. The molecule has 1 aromatic carbocycles. The van der Waals surface area contributed by atoms with Gasteiger partial charge in [-0.25, -0.2) is 4.39 Å². The van der Waals surface area contributed by atoms with Gasteiger partial charge >= 0.3 is 0 Å². The lowest BCUT2D eigenvalue weighted by atomic mass is 9.85. The van der Waals surface area contributed by atoms with Crippen LogP contribution in [0.15, 0.2) is 24.3 Å². The van der Waals surface area contributed by atoms with Crippen molar-refractivity contribution in [2.24, 2.45) is 5.92 Å². The second-order valence-electron chi connectivity index (χ2n) is 5.10. The molecule has 94 valence electrons. The molecule has 0 bridgehead atoms. The molecule has 0 nitrogen and oxygen atoms in total. The summed E-state index contributed by atoms with van der Waals surface area (Å²) >= 11 is 6.36. The molecule has 0 aliphatic heterocycles. The number of hydrogen-bond donors (Lipinski definition) is 0. The summed E-state index contributed by atoms with van der Waals surface area (Å²) in [6.45, 7) is 0. The van der Waals surface area contributed by atoms with Gasteiger partial charge in [0.2, 0.25) is 0 Å². The third kappa shape index (κ3) is 3.99. The predicted molar refractivity (Wildman–Crippen MR) is 70.8 cm³/mol. The Morgan fingerprint density at radius 2 is 1.76 bits per heavy atom. The molecule has 2 heteroatoms. The first-order chi connectivity index (χ1) is 8.25. The Kier molecular flexibility index (Phi) is 4.85. The molecule has 2 rings (SSSR count). The summed E-state index contributed by atoms with van der Waals surface area (Å²) in [5.74, 6) is 0.676. The van der Waals surface area contributed by atoms with E-state index in [0.717, 1.165) is 17.9 Å². The number of hydrogen-bond acceptors (Lipinski definition) is 0. The highest BCUT2D eigenvalue weighted by molar-refractivity contribution is 6.20. The Morgan fingerprint density at radius 3 is 2.41 bits per heavy atom. The van der Waals surface area contributed by atoms with Crippen LogP contribution in [-0.4, -0.2) is 0 Å². The van der Waals surface area contributed by atoms with Crippen LogP contribution in [0.2, 0.25) is 0 Å². The monoisotopic (exact) mass is 254 g/mol. The van der Waals surface area contributed by atoms with E-state index in [-0.39, 0.29) is 11.2 Å². The second kappa shape index (κ2) is 6.39. The van der Waals surface area contributed by atoms with Crippen molar-refractivity contribution in [3.8, 4) is 0 Å². The molecular formula is C15H20ClF. The molecule has 0 heterocycles. The maximum Gasteiger partial charge on any atom is 0.123 e. The summed E-state index contributed by atoms with van der Waals surface area (Å²) < 4.78 is 12.8. The second-order valence-corrected chi connectivity index (χ2v) is 5.63. The average molecular weight is 255 g/mol. The Bertz CT molecular complexity index is 327. The molecule has 1 aromatic rings. The topological polar surface area (TPSA) is 0 Å². The lowest BCUT2D eigenvalue weighted by molar-refractivity contribution is 0.331. The minimum Gasteiger partial charge on any atom is -0.207 e. The minimum atomic E-state index is -0.190.